The summed E-state index contributed by atoms with van der Waals surface area (Å²) >= 11 is 6.32. The molecule has 0 spiro atoms. The van der Waals surface area contributed by atoms with E-state index < -0.39 is 41.0 Å². The number of rotatable bonds is 8. The molecule has 1 aliphatic rings. The number of aryl methyl sites for hydroxylation is 2. The molecule has 0 bridgehead atoms. The molecular weight excluding hydrogens is 576 g/mol. The molecule has 0 radical (unpaired) electrons. The summed E-state index contributed by atoms with van der Waals surface area (Å²) in [5.41, 5.74) is 2.40. The first-order valence-electron chi connectivity index (χ1n) is 14.5. The second kappa shape index (κ2) is 13.0. The summed E-state index contributed by atoms with van der Waals surface area (Å²) in [6.45, 7) is 5.40. The molecule has 44 heavy (non-hydrogen) atoms. The lowest BCUT2D eigenvalue weighted by Crippen LogP contribution is -2.56. The third-order valence-corrected chi connectivity index (χ3v) is 8.60. The van der Waals surface area contributed by atoms with E-state index in [1.54, 1.807) is 54.6 Å². The third-order valence-electron chi connectivity index (χ3n) is 8.23. The fourth-order valence-corrected chi connectivity index (χ4v) is 6.12. The number of Topliss-reactive ketones (excluding diaryl/α,β-unsaturated/α-hetero) is 1. The number of para-hydroxylation sites is 2. The van der Waals surface area contributed by atoms with Crippen LogP contribution in [0.5, 0.6) is 5.75 Å². The maximum absolute atomic E-state index is 14.1. The summed E-state index contributed by atoms with van der Waals surface area (Å²) in [6, 6.07) is 28.9. The number of halogens is 1. The van der Waals surface area contributed by atoms with Crippen LogP contribution in [0.1, 0.15) is 41.5 Å². The van der Waals surface area contributed by atoms with Gasteiger partial charge in [0.15, 0.2) is 0 Å². The Morgan fingerprint density at radius 2 is 1.45 bits per heavy atom. The van der Waals surface area contributed by atoms with Gasteiger partial charge < -0.3 is 20.5 Å². The van der Waals surface area contributed by atoms with Crippen molar-refractivity contribution in [3.63, 3.8) is 0 Å². The SMILES string of the molecule is Cc1ccccc1NC(=O)C1C(=O)CC(C)(O)C(C(=O)Nc2ccccc2C)C1c1cccc(OCc2ccccc2Cl)c1. The highest BCUT2D eigenvalue weighted by Crippen LogP contribution is 2.47. The molecule has 2 amide bonds. The Morgan fingerprint density at radius 3 is 2.09 bits per heavy atom. The molecule has 4 unspecified atom stereocenters. The Bertz CT molecular complexity index is 1700. The molecule has 4 atom stereocenters. The Morgan fingerprint density at radius 1 is 0.864 bits per heavy atom. The second-order valence-corrected chi connectivity index (χ2v) is 11.9. The van der Waals surface area contributed by atoms with Crippen molar-refractivity contribution in [2.24, 2.45) is 11.8 Å². The average Bonchev–Trinajstić information content (AvgIpc) is 2.98. The second-order valence-electron chi connectivity index (χ2n) is 11.5. The Hall–Kier alpha value is -4.46. The molecule has 4 aromatic carbocycles. The molecule has 3 N–H and O–H groups in total. The van der Waals surface area contributed by atoms with Crippen molar-refractivity contribution >= 4 is 40.6 Å². The van der Waals surface area contributed by atoms with Crippen molar-refractivity contribution in [3.05, 3.63) is 124 Å². The molecule has 8 heteroatoms. The molecule has 0 saturated heterocycles. The molecule has 4 aromatic rings. The molecule has 1 aliphatic carbocycles. The predicted octanol–water partition coefficient (Wildman–Crippen LogP) is 6.85. The number of hydrogen-bond donors (Lipinski definition) is 3. The van der Waals surface area contributed by atoms with Gasteiger partial charge in [-0.1, -0.05) is 78.3 Å². The van der Waals surface area contributed by atoms with Crippen LogP contribution in [0.4, 0.5) is 11.4 Å². The lowest BCUT2D eigenvalue weighted by molar-refractivity contribution is -0.150. The molecule has 7 nitrogen and oxygen atoms in total. The van der Waals surface area contributed by atoms with Crippen molar-refractivity contribution in [3.8, 4) is 5.75 Å². The Kier molecular flexibility index (Phi) is 9.18. The van der Waals surface area contributed by atoms with Gasteiger partial charge in [0.05, 0.1) is 11.5 Å². The zero-order chi connectivity index (χ0) is 31.4. The van der Waals surface area contributed by atoms with Gasteiger partial charge in [-0.05, 0) is 67.8 Å². The first-order chi connectivity index (χ1) is 21.0. The monoisotopic (exact) mass is 610 g/mol. The van der Waals surface area contributed by atoms with Gasteiger partial charge in [0.1, 0.15) is 24.1 Å². The van der Waals surface area contributed by atoms with Crippen LogP contribution in [0.25, 0.3) is 0 Å². The molecule has 5 rings (SSSR count). The molecule has 0 heterocycles. The van der Waals surface area contributed by atoms with Gasteiger partial charge in [-0.25, -0.2) is 0 Å². The first-order valence-corrected chi connectivity index (χ1v) is 14.9. The molecular formula is C36H35ClN2O5. The zero-order valence-electron chi connectivity index (χ0n) is 24.8. The number of benzene rings is 4. The van der Waals surface area contributed by atoms with E-state index in [2.05, 4.69) is 10.6 Å². The van der Waals surface area contributed by atoms with Crippen molar-refractivity contribution in [2.45, 2.75) is 45.3 Å². The van der Waals surface area contributed by atoms with Gasteiger partial charge in [0.2, 0.25) is 11.8 Å². The van der Waals surface area contributed by atoms with E-state index in [0.29, 0.717) is 27.7 Å². The minimum Gasteiger partial charge on any atom is -0.489 e. The van der Waals surface area contributed by atoms with E-state index in [-0.39, 0.29) is 13.0 Å². The highest BCUT2D eigenvalue weighted by molar-refractivity contribution is 6.31. The quantitative estimate of drug-likeness (QED) is 0.189. The van der Waals surface area contributed by atoms with E-state index in [9.17, 15) is 19.5 Å². The fraction of sp³-hybridized carbons (Fsp3) is 0.250. The van der Waals surface area contributed by atoms with Gasteiger partial charge in [0, 0.05) is 34.3 Å². The standard InChI is InChI=1S/C36H35ClN2O5/c1-22-11-4-8-17-28(22)38-34(41)32-30(40)20-36(3,43)33(35(42)39-29-18-9-5-12-23(29)2)31(32)24-14-10-15-26(19-24)44-21-25-13-6-7-16-27(25)37/h4-19,31-33,43H,20-21H2,1-3H3,(H,38,41)(H,39,42). The topological polar surface area (TPSA) is 105 Å². The summed E-state index contributed by atoms with van der Waals surface area (Å²) < 4.78 is 6.06. The van der Waals surface area contributed by atoms with Crippen LogP contribution in [-0.4, -0.2) is 28.3 Å². The zero-order valence-corrected chi connectivity index (χ0v) is 25.6. The van der Waals surface area contributed by atoms with Gasteiger partial charge in [0.25, 0.3) is 0 Å². The molecule has 1 fully saturated rings. The summed E-state index contributed by atoms with van der Waals surface area (Å²) in [4.78, 5) is 41.8. The summed E-state index contributed by atoms with van der Waals surface area (Å²) in [5, 5.41) is 18.1. The van der Waals surface area contributed by atoms with Crippen LogP contribution in [0.15, 0.2) is 97.1 Å². The highest BCUT2D eigenvalue weighted by Gasteiger charge is 2.56. The van der Waals surface area contributed by atoms with Gasteiger partial charge in [-0.15, -0.1) is 0 Å². The van der Waals surface area contributed by atoms with Gasteiger partial charge in [-0.2, -0.15) is 0 Å². The summed E-state index contributed by atoms with van der Waals surface area (Å²) in [6.07, 6.45) is -0.357. The molecule has 226 valence electrons. The molecule has 0 aliphatic heterocycles. The summed E-state index contributed by atoms with van der Waals surface area (Å²) in [5.74, 6) is -4.40. The van der Waals surface area contributed by atoms with Crippen molar-refractivity contribution in [2.75, 3.05) is 10.6 Å². The van der Waals surface area contributed by atoms with E-state index in [1.807, 2.05) is 56.3 Å². The van der Waals surface area contributed by atoms with Crippen LogP contribution in [-0.2, 0) is 21.0 Å². The predicted molar refractivity (Wildman–Crippen MR) is 172 cm³/mol. The van der Waals surface area contributed by atoms with Gasteiger partial charge >= 0.3 is 0 Å². The maximum atomic E-state index is 14.1. The number of nitrogens with one attached hydrogen (secondary N) is 2. The van der Waals surface area contributed by atoms with Crippen molar-refractivity contribution in [1.29, 1.82) is 0 Å². The van der Waals surface area contributed by atoms with E-state index >= 15 is 0 Å². The number of ether oxygens (including phenoxy) is 1. The number of amides is 2. The number of hydrogen-bond acceptors (Lipinski definition) is 5. The van der Waals surface area contributed by atoms with Crippen LogP contribution in [0.2, 0.25) is 5.02 Å². The first kappa shape index (κ1) is 31.0. The minimum atomic E-state index is -1.73. The minimum absolute atomic E-state index is 0.193. The number of carbonyl (C=O) groups is 3. The highest BCUT2D eigenvalue weighted by atomic mass is 35.5. The Balaban J connectivity index is 1.55. The maximum Gasteiger partial charge on any atom is 0.235 e. The molecule has 1 saturated carbocycles. The smallest absolute Gasteiger partial charge is 0.235 e. The lowest BCUT2D eigenvalue weighted by atomic mass is 9.61. The number of anilines is 2. The lowest BCUT2D eigenvalue weighted by Gasteiger charge is -2.44. The van der Waals surface area contributed by atoms with Crippen LogP contribution in [0, 0.1) is 25.7 Å². The van der Waals surface area contributed by atoms with Crippen molar-refractivity contribution in [1.82, 2.24) is 0 Å². The average molecular weight is 611 g/mol. The normalized spacial score (nSPS) is 21.4. The van der Waals surface area contributed by atoms with E-state index in [1.165, 1.54) is 6.92 Å². The number of carbonyl (C=O) groups excluding carboxylic acids is 3. The van der Waals surface area contributed by atoms with E-state index in [0.717, 1.165) is 16.7 Å². The summed E-state index contributed by atoms with van der Waals surface area (Å²) in [7, 11) is 0. The van der Waals surface area contributed by atoms with Crippen molar-refractivity contribution < 1.29 is 24.2 Å². The van der Waals surface area contributed by atoms with Crippen LogP contribution >= 0.6 is 11.6 Å². The van der Waals surface area contributed by atoms with Crippen LogP contribution < -0.4 is 15.4 Å². The Labute approximate surface area is 262 Å². The largest absolute Gasteiger partial charge is 0.489 e. The van der Waals surface area contributed by atoms with E-state index in [4.69, 9.17) is 16.3 Å². The fourth-order valence-electron chi connectivity index (χ4n) is 5.93. The van der Waals surface area contributed by atoms with Gasteiger partial charge in [-0.3, -0.25) is 14.4 Å². The number of ketones is 1. The molecule has 0 aromatic heterocycles. The third kappa shape index (κ3) is 6.69. The van der Waals surface area contributed by atoms with Crippen LogP contribution in [0.3, 0.4) is 0 Å². The number of aliphatic hydroxyl groups is 1.